The van der Waals surface area contributed by atoms with E-state index in [1.54, 1.807) is 24.3 Å². The number of nitrogens with one attached hydrogen (secondary N) is 2. The van der Waals surface area contributed by atoms with E-state index in [0.29, 0.717) is 23.7 Å². The number of amides is 2. The van der Waals surface area contributed by atoms with Crippen molar-refractivity contribution in [2.75, 3.05) is 5.32 Å². The molecule has 2 atom stereocenters. The fourth-order valence-electron chi connectivity index (χ4n) is 2.65. The number of anilines is 1. The molecule has 0 bridgehead atoms. The zero-order chi connectivity index (χ0) is 18.0. The van der Waals surface area contributed by atoms with Gasteiger partial charge in [0.25, 0.3) is 0 Å². The second-order valence-corrected chi connectivity index (χ2v) is 6.68. The van der Waals surface area contributed by atoms with Gasteiger partial charge in [0, 0.05) is 17.3 Å². The summed E-state index contributed by atoms with van der Waals surface area (Å²) >= 11 is 5.94. The molecule has 1 aliphatic carbocycles. The van der Waals surface area contributed by atoms with Gasteiger partial charge in [0.2, 0.25) is 11.8 Å². The zero-order valence-corrected chi connectivity index (χ0v) is 14.4. The second kappa shape index (κ2) is 7.23. The maximum Gasteiger partial charge on any atom is 0.228 e. The smallest absolute Gasteiger partial charge is 0.228 e. The lowest BCUT2D eigenvalue weighted by atomic mass is 10.2. The fourth-order valence-corrected chi connectivity index (χ4v) is 2.82. The van der Waals surface area contributed by atoms with E-state index in [1.807, 2.05) is 13.0 Å². The number of carbonyl (C=O) groups is 2. The molecule has 0 heterocycles. The molecule has 6 heteroatoms. The van der Waals surface area contributed by atoms with Crippen molar-refractivity contribution < 1.29 is 14.0 Å². The summed E-state index contributed by atoms with van der Waals surface area (Å²) in [6.07, 6.45) is 0.528. The summed E-state index contributed by atoms with van der Waals surface area (Å²) < 4.78 is 12.9. The van der Waals surface area contributed by atoms with Gasteiger partial charge in [-0.2, -0.15) is 0 Å². The maximum atomic E-state index is 12.9. The van der Waals surface area contributed by atoms with E-state index in [4.69, 9.17) is 11.6 Å². The Morgan fingerprint density at radius 2 is 1.80 bits per heavy atom. The standard InChI is InChI=1S/C19H18ClFN2O2/c1-11-2-5-13(20)8-17(11)23-19(25)16-9-15(16)18(24)22-10-12-3-6-14(21)7-4-12/h2-8,15-16H,9-10H2,1H3,(H,22,24)(H,23,25). The third-order valence-corrected chi connectivity index (χ3v) is 4.54. The molecule has 2 unspecified atom stereocenters. The summed E-state index contributed by atoms with van der Waals surface area (Å²) in [7, 11) is 0. The van der Waals surface area contributed by atoms with Crippen LogP contribution in [0.5, 0.6) is 0 Å². The molecule has 0 aliphatic heterocycles. The molecule has 2 N–H and O–H groups in total. The van der Waals surface area contributed by atoms with Crippen LogP contribution in [0.25, 0.3) is 0 Å². The van der Waals surface area contributed by atoms with Gasteiger partial charge in [-0.1, -0.05) is 29.8 Å². The van der Waals surface area contributed by atoms with Crippen LogP contribution in [-0.2, 0) is 16.1 Å². The molecule has 0 saturated heterocycles. The predicted molar refractivity (Wildman–Crippen MR) is 94.7 cm³/mol. The lowest BCUT2D eigenvalue weighted by molar-refractivity contribution is -0.125. The minimum atomic E-state index is -0.327. The highest BCUT2D eigenvalue weighted by Gasteiger charge is 2.47. The number of hydrogen-bond donors (Lipinski definition) is 2. The first kappa shape index (κ1) is 17.4. The summed E-state index contributed by atoms with van der Waals surface area (Å²) in [5, 5.41) is 6.17. The molecule has 0 aromatic heterocycles. The molecule has 1 fully saturated rings. The first-order valence-electron chi connectivity index (χ1n) is 8.03. The van der Waals surface area contributed by atoms with Gasteiger partial charge in [-0.15, -0.1) is 0 Å². The lowest BCUT2D eigenvalue weighted by Gasteiger charge is -2.09. The molecule has 2 amide bonds. The molecular weight excluding hydrogens is 343 g/mol. The Hall–Kier alpha value is -2.40. The first-order valence-corrected chi connectivity index (χ1v) is 8.41. The van der Waals surface area contributed by atoms with E-state index >= 15 is 0 Å². The van der Waals surface area contributed by atoms with Gasteiger partial charge in [-0.25, -0.2) is 4.39 Å². The normalized spacial score (nSPS) is 18.5. The van der Waals surface area contributed by atoms with E-state index in [2.05, 4.69) is 10.6 Å². The number of rotatable bonds is 5. The van der Waals surface area contributed by atoms with Crippen LogP contribution < -0.4 is 10.6 Å². The summed E-state index contributed by atoms with van der Waals surface area (Å²) in [5.41, 5.74) is 2.39. The number of carbonyl (C=O) groups excluding carboxylic acids is 2. The monoisotopic (exact) mass is 360 g/mol. The Morgan fingerprint density at radius 3 is 2.52 bits per heavy atom. The van der Waals surface area contributed by atoms with E-state index in [-0.39, 0.29) is 29.5 Å². The van der Waals surface area contributed by atoms with E-state index in [0.717, 1.165) is 11.1 Å². The second-order valence-electron chi connectivity index (χ2n) is 6.24. The molecule has 0 radical (unpaired) electrons. The van der Waals surface area contributed by atoms with Crippen molar-refractivity contribution in [2.45, 2.75) is 19.9 Å². The van der Waals surface area contributed by atoms with Crippen molar-refractivity contribution in [2.24, 2.45) is 11.8 Å². The summed E-state index contributed by atoms with van der Waals surface area (Å²) in [5.74, 6) is -1.29. The molecule has 3 rings (SSSR count). The van der Waals surface area contributed by atoms with Crippen LogP contribution in [0.1, 0.15) is 17.5 Å². The summed E-state index contributed by atoms with van der Waals surface area (Å²) in [6.45, 7) is 2.20. The molecular formula is C19H18ClFN2O2. The van der Waals surface area contributed by atoms with Crippen LogP contribution in [-0.4, -0.2) is 11.8 Å². The molecule has 130 valence electrons. The minimum absolute atomic E-state index is 0.160. The summed E-state index contributed by atoms with van der Waals surface area (Å²) in [4.78, 5) is 24.4. The fraction of sp³-hybridized carbons (Fsp3) is 0.263. The minimum Gasteiger partial charge on any atom is -0.352 e. The zero-order valence-electron chi connectivity index (χ0n) is 13.7. The highest BCUT2D eigenvalue weighted by atomic mass is 35.5. The van der Waals surface area contributed by atoms with Crippen LogP contribution in [0.2, 0.25) is 5.02 Å². The van der Waals surface area contributed by atoms with Crippen LogP contribution >= 0.6 is 11.6 Å². The third kappa shape index (κ3) is 4.37. The molecule has 2 aromatic carbocycles. The number of benzene rings is 2. The molecule has 0 spiro atoms. The Kier molecular flexibility index (Phi) is 5.04. The largest absolute Gasteiger partial charge is 0.352 e. The van der Waals surface area contributed by atoms with Crippen LogP contribution in [0, 0.1) is 24.6 Å². The third-order valence-electron chi connectivity index (χ3n) is 4.30. The van der Waals surface area contributed by atoms with Crippen molar-refractivity contribution in [3.05, 3.63) is 64.4 Å². The Labute approximate surface area is 150 Å². The van der Waals surface area contributed by atoms with Crippen molar-refractivity contribution in [1.82, 2.24) is 5.32 Å². The van der Waals surface area contributed by atoms with E-state index < -0.39 is 0 Å². The maximum absolute atomic E-state index is 12.9. The van der Waals surface area contributed by atoms with Crippen LogP contribution in [0.4, 0.5) is 10.1 Å². The molecule has 1 saturated carbocycles. The molecule has 4 nitrogen and oxygen atoms in total. The highest BCUT2D eigenvalue weighted by molar-refractivity contribution is 6.31. The van der Waals surface area contributed by atoms with Gasteiger partial charge in [0.1, 0.15) is 5.82 Å². The predicted octanol–water partition coefficient (Wildman–Crippen LogP) is 3.68. The Balaban J connectivity index is 1.51. The van der Waals surface area contributed by atoms with Gasteiger partial charge in [-0.05, 0) is 48.7 Å². The highest BCUT2D eigenvalue weighted by Crippen LogP contribution is 2.39. The Bertz CT molecular complexity index is 808. The van der Waals surface area contributed by atoms with Gasteiger partial charge in [-0.3, -0.25) is 9.59 Å². The van der Waals surface area contributed by atoms with E-state index in [9.17, 15) is 14.0 Å². The number of halogens is 2. The SMILES string of the molecule is Cc1ccc(Cl)cc1NC(=O)C1CC1C(=O)NCc1ccc(F)cc1. The molecule has 2 aromatic rings. The average molecular weight is 361 g/mol. The van der Waals surface area contributed by atoms with Gasteiger partial charge >= 0.3 is 0 Å². The van der Waals surface area contributed by atoms with E-state index in [1.165, 1.54) is 12.1 Å². The van der Waals surface area contributed by atoms with Gasteiger partial charge in [0.05, 0.1) is 11.8 Å². The van der Waals surface area contributed by atoms with Crippen molar-refractivity contribution in [3.63, 3.8) is 0 Å². The van der Waals surface area contributed by atoms with Crippen LogP contribution in [0.15, 0.2) is 42.5 Å². The topological polar surface area (TPSA) is 58.2 Å². The van der Waals surface area contributed by atoms with Gasteiger partial charge in [0.15, 0.2) is 0 Å². The van der Waals surface area contributed by atoms with Gasteiger partial charge < -0.3 is 10.6 Å². The number of hydrogen-bond acceptors (Lipinski definition) is 2. The van der Waals surface area contributed by atoms with Crippen LogP contribution in [0.3, 0.4) is 0 Å². The van der Waals surface area contributed by atoms with Crippen molar-refractivity contribution in [3.8, 4) is 0 Å². The van der Waals surface area contributed by atoms with Crippen molar-refractivity contribution in [1.29, 1.82) is 0 Å². The first-order chi connectivity index (χ1) is 11.9. The summed E-state index contributed by atoms with van der Waals surface area (Å²) in [6, 6.07) is 11.2. The molecule has 1 aliphatic rings. The lowest BCUT2D eigenvalue weighted by Crippen LogP contribution is -2.27. The average Bonchev–Trinajstić information content (AvgIpc) is 3.38. The van der Waals surface area contributed by atoms with Crippen molar-refractivity contribution >= 4 is 29.1 Å². The number of aryl methyl sites for hydroxylation is 1. The quantitative estimate of drug-likeness (QED) is 0.854. The molecule has 25 heavy (non-hydrogen) atoms. The Morgan fingerprint density at radius 1 is 1.12 bits per heavy atom.